The second-order valence-electron chi connectivity index (χ2n) is 8.96. The van der Waals surface area contributed by atoms with Crippen molar-refractivity contribution in [3.05, 3.63) is 120 Å². The Labute approximate surface area is 243 Å². The maximum Gasteiger partial charge on any atom is 0.114 e. The number of ether oxygens (including phenoxy) is 4. The average molecular weight is 567 g/mol. The summed E-state index contributed by atoms with van der Waals surface area (Å²) in [4.78, 5) is 0. The average Bonchev–Trinajstić information content (AvgIpc) is 2.98. The van der Waals surface area contributed by atoms with Gasteiger partial charge in [0.05, 0.1) is 37.6 Å². The van der Waals surface area contributed by atoms with Crippen molar-refractivity contribution in [1.29, 1.82) is 0 Å². The molecule has 3 aromatic carbocycles. The minimum absolute atomic E-state index is 0.173. The number of hydrogen-bond donors (Lipinski definition) is 0. The van der Waals surface area contributed by atoms with Crippen LogP contribution in [0.1, 0.15) is 30.5 Å². The van der Waals surface area contributed by atoms with Gasteiger partial charge in [0, 0.05) is 0 Å². The highest BCUT2D eigenvalue weighted by molar-refractivity contribution is 8.17. The lowest BCUT2D eigenvalue weighted by molar-refractivity contribution is -0.161. The van der Waals surface area contributed by atoms with Crippen LogP contribution >= 0.6 is 23.5 Å². The van der Waals surface area contributed by atoms with Crippen molar-refractivity contribution >= 4 is 23.5 Å². The molecule has 3 aromatic rings. The molecule has 0 amide bonds. The van der Waals surface area contributed by atoms with Gasteiger partial charge in [-0.15, -0.1) is 30.1 Å². The van der Waals surface area contributed by atoms with Crippen LogP contribution in [0.3, 0.4) is 0 Å². The van der Waals surface area contributed by atoms with E-state index < -0.39 is 0 Å². The zero-order valence-electron chi connectivity index (χ0n) is 23.2. The van der Waals surface area contributed by atoms with E-state index in [0.29, 0.717) is 33.0 Å². The Bertz CT molecular complexity index is 1010. The van der Waals surface area contributed by atoms with Crippen molar-refractivity contribution in [2.24, 2.45) is 0 Å². The summed E-state index contributed by atoms with van der Waals surface area (Å²) in [6, 6.07) is 30.8. The van der Waals surface area contributed by atoms with Crippen LogP contribution < -0.4 is 0 Å². The van der Waals surface area contributed by atoms with Crippen molar-refractivity contribution in [1.82, 2.24) is 0 Å². The second-order valence-corrected chi connectivity index (χ2v) is 12.1. The molecule has 0 aliphatic carbocycles. The minimum atomic E-state index is -0.356. The molecule has 0 fully saturated rings. The molecule has 0 saturated carbocycles. The lowest BCUT2D eigenvalue weighted by Gasteiger charge is -2.37. The molecule has 39 heavy (non-hydrogen) atoms. The van der Waals surface area contributed by atoms with E-state index >= 15 is 0 Å². The molecule has 0 spiro atoms. The Morgan fingerprint density at radius 3 is 1.51 bits per heavy atom. The number of rotatable bonds is 20. The Hall–Kier alpha value is -2.06. The largest absolute Gasteiger partial charge is 0.375 e. The van der Waals surface area contributed by atoms with Gasteiger partial charge in [-0.25, -0.2) is 0 Å². The first-order valence-corrected chi connectivity index (χ1v) is 15.7. The molecule has 3 rings (SSSR count). The molecule has 0 unspecified atom stereocenters. The van der Waals surface area contributed by atoms with E-state index in [2.05, 4.69) is 56.8 Å². The first-order valence-electron chi connectivity index (χ1n) is 13.6. The smallest absolute Gasteiger partial charge is 0.114 e. The van der Waals surface area contributed by atoms with Gasteiger partial charge < -0.3 is 18.9 Å². The number of benzene rings is 3. The van der Waals surface area contributed by atoms with Crippen molar-refractivity contribution in [3.63, 3.8) is 0 Å². The second kappa shape index (κ2) is 19.1. The van der Waals surface area contributed by atoms with Crippen molar-refractivity contribution in [2.75, 3.05) is 24.7 Å². The molecule has 6 heteroatoms. The van der Waals surface area contributed by atoms with Crippen LogP contribution in [-0.2, 0) is 38.8 Å². The summed E-state index contributed by atoms with van der Waals surface area (Å²) in [5, 5.41) is 0. The molecule has 210 valence electrons. The van der Waals surface area contributed by atoms with Crippen molar-refractivity contribution in [3.8, 4) is 0 Å². The molecular formula is C33H42O4S2. The highest BCUT2D eigenvalue weighted by Crippen LogP contribution is 2.34. The molecule has 0 radical (unpaired) electrons. The van der Waals surface area contributed by atoms with Crippen molar-refractivity contribution in [2.45, 2.75) is 56.6 Å². The van der Waals surface area contributed by atoms with E-state index in [9.17, 15) is 0 Å². The third-order valence-corrected chi connectivity index (χ3v) is 8.69. The molecule has 0 heterocycles. The van der Waals surface area contributed by atoms with Crippen LogP contribution in [0.5, 0.6) is 0 Å². The maximum absolute atomic E-state index is 6.76. The Morgan fingerprint density at radius 1 is 0.641 bits per heavy atom. The van der Waals surface area contributed by atoms with Crippen LogP contribution in [0, 0.1) is 0 Å². The number of hydrogen-bond acceptors (Lipinski definition) is 6. The van der Waals surface area contributed by atoms with Crippen LogP contribution in [0.4, 0.5) is 0 Å². The van der Waals surface area contributed by atoms with Gasteiger partial charge in [-0.1, -0.05) is 111 Å². The summed E-state index contributed by atoms with van der Waals surface area (Å²) < 4.78 is 26.3. The third-order valence-electron chi connectivity index (χ3n) is 6.02. The molecular weight excluding hydrogens is 524 g/mol. The summed E-state index contributed by atoms with van der Waals surface area (Å²) in [5.74, 6) is 1.97. The zero-order valence-corrected chi connectivity index (χ0v) is 24.8. The monoisotopic (exact) mass is 566 g/mol. The van der Waals surface area contributed by atoms with Crippen LogP contribution in [0.2, 0.25) is 0 Å². The van der Waals surface area contributed by atoms with Crippen LogP contribution in [-0.4, -0.2) is 47.6 Å². The Morgan fingerprint density at radius 2 is 1.08 bits per heavy atom. The van der Waals surface area contributed by atoms with Gasteiger partial charge in [-0.2, -0.15) is 0 Å². The van der Waals surface area contributed by atoms with E-state index in [1.165, 1.54) is 0 Å². The predicted molar refractivity (Wildman–Crippen MR) is 166 cm³/mol. The normalized spacial score (nSPS) is 13.7. The van der Waals surface area contributed by atoms with Crippen LogP contribution in [0.25, 0.3) is 0 Å². The lowest BCUT2D eigenvalue weighted by atomic mass is 10.1. The van der Waals surface area contributed by atoms with Gasteiger partial charge in [-0.05, 0) is 28.2 Å². The van der Waals surface area contributed by atoms with E-state index in [-0.39, 0.29) is 22.9 Å². The van der Waals surface area contributed by atoms with Gasteiger partial charge in [0.15, 0.2) is 0 Å². The highest BCUT2D eigenvalue weighted by Gasteiger charge is 2.38. The Kier molecular flexibility index (Phi) is 15.4. The molecule has 0 aromatic heterocycles. The summed E-state index contributed by atoms with van der Waals surface area (Å²) in [6.07, 6.45) is 0.842. The predicted octanol–water partition coefficient (Wildman–Crippen LogP) is 7.78. The van der Waals surface area contributed by atoms with E-state index in [4.69, 9.17) is 18.9 Å². The fraction of sp³-hybridized carbons (Fsp3) is 0.394. The first-order chi connectivity index (χ1) is 19.2. The van der Waals surface area contributed by atoms with E-state index in [1.54, 1.807) is 6.08 Å². The third kappa shape index (κ3) is 11.5. The molecule has 4 nitrogen and oxygen atoms in total. The molecule has 0 aliphatic heterocycles. The molecule has 0 aliphatic rings. The van der Waals surface area contributed by atoms with Crippen molar-refractivity contribution < 1.29 is 18.9 Å². The lowest BCUT2D eigenvalue weighted by Crippen LogP contribution is -2.48. The summed E-state index contributed by atoms with van der Waals surface area (Å²) in [6.45, 7) is 10.5. The van der Waals surface area contributed by atoms with E-state index in [1.807, 2.05) is 78.1 Å². The topological polar surface area (TPSA) is 36.9 Å². The van der Waals surface area contributed by atoms with Gasteiger partial charge in [-0.3, -0.25) is 0 Å². The number of thioether (sulfide) groups is 2. The van der Waals surface area contributed by atoms with Gasteiger partial charge >= 0.3 is 0 Å². The molecule has 0 bridgehead atoms. The van der Waals surface area contributed by atoms with Crippen LogP contribution in [0.15, 0.2) is 104 Å². The quantitative estimate of drug-likeness (QED) is 0.0790. The Balaban J connectivity index is 1.93. The molecule has 3 atom stereocenters. The standard InChI is InChI=1S/C33H42O4S2/c1-4-22-34-26-30(35-23-27-16-10-7-11-17-27)31(36-24-28-18-12-8-13-19-28)32(33(38-5-2)39-6-3)37-25-29-20-14-9-15-21-29/h4,7-21,30-33H,1,5-6,22-26H2,2-3H3/t30-,31-,32-/m1/s1. The highest BCUT2D eigenvalue weighted by atomic mass is 32.2. The summed E-state index contributed by atoms with van der Waals surface area (Å²) in [7, 11) is 0. The SMILES string of the molecule is C=CCOC[C@@H](OCc1ccccc1)[C@@H](OCc1ccccc1)[C@@H](OCc1ccccc1)C(SCC)SCC. The zero-order chi connectivity index (χ0) is 27.5. The van der Waals surface area contributed by atoms with E-state index in [0.717, 1.165) is 28.2 Å². The first kappa shape index (κ1) is 31.5. The minimum Gasteiger partial charge on any atom is -0.375 e. The maximum atomic E-state index is 6.76. The van der Waals surface area contributed by atoms with Gasteiger partial charge in [0.1, 0.15) is 18.3 Å². The van der Waals surface area contributed by atoms with Gasteiger partial charge in [0.2, 0.25) is 0 Å². The summed E-state index contributed by atoms with van der Waals surface area (Å²) in [5.41, 5.74) is 3.36. The van der Waals surface area contributed by atoms with Gasteiger partial charge in [0.25, 0.3) is 0 Å². The fourth-order valence-electron chi connectivity index (χ4n) is 4.12. The summed E-state index contributed by atoms with van der Waals surface area (Å²) >= 11 is 3.80. The molecule has 0 saturated heterocycles. The fourth-order valence-corrected chi connectivity index (χ4v) is 6.83. The molecule has 0 N–H and O–H groups in total.